The van der Waals surface area contributed by atoms with E-state index in [-0.39, 0.29) is 0 Å². The Morgan fingerprint density at radius 3 is 2.68 bits per heavy atom. The molecule has 2 N–H and O–H groups in total. The van der Waals surface area contributed by atoms with Crippen molar-refractivity contribution in [2.24, 2.45) is 0 Å². The topological polar surface area (TPSA) is 69.6 Å². The van der Waals surface area contributed by atoms with Gasteiger partial charge in [-0.1, -0.05) is 6.07 Å². The molecule has 94 valence electrons. The van der Waals surface area contributed by atoms with E-state index in [1.54, 1.807) is 37.2 Å². The van der Waals surface area contributed by atoms with Crippen LogP contribution in [-0.4, -0.2) is 19.5 Å². The molecule has 0 aromatic carbocycles. The molecule has 0 saturated carbocycles. The van der Waals surface area contributed by atoms with Gasteiger partial charge in [0.15, 0.2) is 0 Å². The fraction of sp³-hybridized carbons (Fsp3) is 0.0714. The summed E-state index contributed by atoms with van der Waals surface area (Å²) in [4.78, 5) is 12.4. The highest BCUT2D eigenvalue weighted by Crippen LogP contribution is 2.24. The van der Waals surface area contributed by atoms with E-state index in [1.165, 1.54) is 0 Å². The van der Waals surface area contributed by atoms with E-state index in [4.69, 9.17) is 5.73 Å². The van der Waals surface area contributed by atoms with Gasteiger partial charge >= 0.3 is 0 Å². The molecule has 0 radical (unpaired) electrons. The molecule has 0 atom stereocenters. The monoisotopic (exact) mass is 251 g/mol. The van der Waals surface area contributed by atoms with E-state index in [0.29, 0.717) is 12.2 Å². The number of hydrogen-bond acceptors (Lipinski definition) is 4. The summed E-state index contributed by atoms with van der Waals surface area (Å²) in [6, 6.07) is 5.74. The summed E-state index contributed by atoms with van der Waals surface area (Å²) < 4.78 is 2.03. The molecule has 0 saturated heterocycles. The minimum absolute atomic E-state index is 0.697. The fourth-order valence-corrected chi connectivity index (χ4v) is 1.98. The third-order valence-electron chi connectivity index (χ3n) is 2.92. The van der Waals surface area contributed by atoms with Crippen LogP contribution in [0, 0.1) is 0 Å². The Morgan fingerprint density at radius 2 is 1.89 bits per heavy atom. The van der Waals surface area contributed by atoms with E-state index in [2.05, 4.69) is 15.0 Å². The van der Waals surface area contributed by atoms with Crippen molar-refractivity contribution in [2.45, 2.75) is 6.54 Å². The minimum atomic E-state index is 0.697. The predicted molar refractivity (Wildman–Crippen MR) is 73.2 cm³/mol. The molecule has 5 nitrogen and oxygen atoms in total. The number of pyridine rings is 2. The molecule has 0 aliphatic carbocycles. The van der Waals surface area contributed by atoms with Gasteiger partial charge in [0.25, 0.3) is 0 Å². The first-order valence-corrected chi connectivity index (χ1v) is 5.93. The molecular weight excluding hydrogens is 238 g/mol. The third kappa shape index (κ3) is 2.30. The van der Waals surface area contributed by atoms with Crippen LogP contribution in [0.1, 0.15) is 5.56 Å². The van der Waals surface area contributed by atoms with Crippen LogP contribution in [0.3, 0.4) is 0 Å². The van der Waals surface area contributed by atoms with E-state index < -0.39 is 0 Å². The summed E-state index contributed by atoms with van der Waals surface area (Å²) >= 11 is 0. The van der Waals surface area contributed by atoms with Crippen LogP contribution >= 0.6 is 0 Å². The Hall–Kier alpha value is -2.69. The van der Waals surface area contributed by atoms with Crippen molar-refractivity contribution < 1.29 is 0 Å². The number of imidazole rings is 1. The molecule has 0 unspecified atom stereocenters. The third-order valence-corrected chi connectivity index (χ3v) is 2.92. The maximum Gasteiger partial charge on any atom is 0.0954 e. The molecule has 3 aromatic rings. The van der Waals surface area contributed by atoms with Crippen LogP contribution in [0.4, 0.5) is 5.69 Å². The summed E-state index contributed by atoms with van der Waals surface area (Å²) in [5.74, 6) is 0. The van der Waals surface area contributed by atoms with Crippen LogP contribution in [0.5, 0.6) is 0 Å². The summed E-state index contributed by atoms with van der Waals surface area (Å²) in [6.07, 6.45) is 10.6. The molecule has 0 amide bonds. The smallest absolute Gasteiger partial charge is 0.0954 e. The molecule has 0 bridgehead atoms. The molecule has 3 heterocycles. The first kappa shape index (κ1) is 11.4. The minimum Gasteiger partial charge on any atom is -0.398 e. The maximum absolute atomic E-state index is 5.98. The molecule has 3 aromatic heterocycles. The largest absolute Gasteiger partial charge is 0.398 e. The highest BCUT2D eigenvalue weighted by atomic mass is 15.0. The molecule has 0 aliphatic rings. The Labute approximate surface area is 110 Å². The second-order valence-corrected chi connectivity index (χ2v) is 4.23. The highest BCUT2D eigenvalue weighted by molar-refractivity contribution is 5.72. The number of hydrogen-bond donors (Lipinski definition) is 1. The predicted octanol–water partition coefficient (Wildman–Crippen LogP) is 1.97. The first-order chi connectivity index (χ1) is 9.34. The summed E-state index contributed by atoms with van der Waals surface area (Å²) in [5.41, 5.74) is 9.64. The van der Waals surface area contributed by atoms with E-state index >= 15 is 0 Å². The molecular formula is C14H13N5. The van der Waals surface area contributed by atoms with E-state index in [9.17, 15) is 0 Å². The molecule has 0 fully saturated rings. The number of anilines is 1. The van der Waals surface area contributed by atoms with Crippen molar-refractivity contribution >= 4 is 5.69 Å². The molecule has 3 rings (SSSR count). The Morgan fingerprint density at radius 1 is 1.00 bits per heavy atom. The average Bonchev–Trinajstić information content (AvgIpc) is 2.88. The van der Waals surface area contributed by atoms with Crippen LogP contribution in [0.25, 0.3) is 11.3 Å². The van der Waals surface area contributed by atoms with Gasteiger partial charge in [-0.2, -0.15) is 0 Å². The van der Waals surface area contributed by atoms with Gasteiger partial charge < -0.3 is 10.3 Å². The number of rotatable bonds is 3. The quantitative estimate of drug-likeness (QED) is 0.772. The number of aromatic nitrogens is 4. The first-order valence-electron chi connectivity index (χ1n) is 5.93. The van der Waals surface area contributed by atoms with Gasteiger partial charge in [-0.3, -0.25) is 9.97 Å². The van der Waals surface area contributed by atoms with Crippen molar-refractivity contribution in [2.75, 3.05) is 5.73 Å². The highest BCUT2D eigenvalue weighted by Gasteiger charge is 2.08. The molecule has 5 heteroatoms. The Bertz CT molecular complexity index is 675. The summed E-state index contributed by atoms with van der Waals surface area (Å²) in [5, 5.41) is 0. The SMILES string of the molecule is Nc1ccncc1-c1cncn1Cc1cccnc1. The van der Waals surface area contributed by atoms with Crippen molar-refractivity contribution in [3.63, 3.8) is 0 Å². The standard InChI is InChI=1S/C14H13N5/c15-13-3-5-17-7-12(13)14-8-18-10-19(14)9-11-2-1-4-16-6-11/h1-8,10H,9H2,(H2,15,17). The van der Waals surface area contributed by atoms with Gasteiger partial charge in [0.2, 0.25) is 0 Å². The van der Waals surface area contributed by atoms with Gasteiger partial charge in [-0.05, 0) is 17.7 Å². The van der Waals surface area contributed by atoms with Crippen molar-refractivity contribution in [1.82, 2.24) is 19.5 Å². The fourth-order valence-electron chi connectivity index (χ4n) is 1.98. The second kappa shape index (κ2) is 4.89. The summed E-state index contributed by atoms with van der Waals surface area (Å²) in [7, 11) is 0. The normalized spacial score (nSPS) is 10.5. The van der Waals surface area contributed by atoms with Gasteiger partial charge in [0.05, 0.1) is 24.8 Å². The van der Waals surface area contributed by atoms with E-state index in [0.717, 1.165) is 16.8 Å². The summed E-state index contributed by atoms with van der Waals surface area (Å²) in [6.45, 7) is 0.706. The van der Waals surface area contributed by atoms with Crippen molar-refractivity contribution in [1.29, 1.82) is 0 Å². The van der Waals surface area contributed by atoms with Gasteiger partial charge in [-0.25, -0.2) is 4.98 Å². The Kier molecular flexibility index (Phi) is 2.94. The van der Waals surface area contributed by atoms with Gasteiger partial charge in [0, 0.05) is 36.0 Å². The van der Waals surface area contributed by atoms with Crippen LogP contribution in [0.15, 0.2) is 55.5 Å². The molecule has 19 heavy (non-hydrogen) atoms. The second-order valence-electron chi connectivity index (χ2n) is 4.23. The lowest BCUT2D eigenvalue weighted by Gasteiger charge is -2.09. The lowest BCUT2D eigenvalue weighted by molar-refractivity contribution is 0.800. The lowest BCUT2D eigenvalue weighted by Crippen LogP contribution is -2.02. The number of nitrogen functional groups attached to an aromatic ring is 1. The number of nitrogens with two attached hydrogens (primary N) is 1. The zero-order valence-corrected chi connectivity index (χ0v) is 10.3. The zero-order chi connectivity index (χ0) is 13.1. The Balaban J connectivity index is 1.98. The van der Waals surface area contributed by atoms with Crippen LogP contribution in [-0.2, 0) is 6.54 Å². The van der Waals surface area contributed by atoms with E-state index in [1.807, 2.05) is 22.9 Å². The molecule has 0 aliphatic heterocycles. The number of nitrogens with zero attached hydrogens (tertiary/aromatic N) is 4. The van der Waals surface area contributed by atoms with Crippen molar-refractivity contribution in [3.8, 4) is 11.3 Å². The van der Waals surface area contributed by atoms with Crippen LogP contribution < -0.4 is 5.73 Å². The zero-order valence-electron chi connectivity index (χ0n) is 10.3. The lowest BCUT2D eigenvalue weighted by atomic mass is 10.2. The van der Waals surface area contributed by atoms with Gasteiger partial charge in [-0.15, -0.1) is 0 Å². The van der Waals surface area contributed by atoms with Gasteiger partial charge in [0.1, 0.15) is 0 Å². The average molecular weight is 251 g/mol. The van der Waals surface area contributed by atoms with Crippen LogP contribution in [0.2, 0.25) is 0 Å². The maximum atomic E-state index is 5.98. The van der Waals surface area contributed by atoms with Crippen molar-refractivity contribution in [3.05, 3.63) is 61.1 Å². The molecule has 0 spiro atoms.